The Morgan fingerprint density at radius 1 is 1.26 bits per heavy atom. The van der Waals surface area contributed by atoms with Crippen molar-refractivity contribution in [2.75, 3.05) is 4.72 Å². The van der Waals surface area contributed by atoms with Gasteiger partial charge in [-0.15, -0.1) is 0 Å². The number of pyridine rings is 1. The predicted molar refractivity (Wildman–Crippen MR) is 85.2 cm³/mol. The second-order valence-corrected chi connectivity index (χ2v) is 6.73. The molecule has 0 aliphatic carbocycles. The largest absolute Gasteiger partial charge is 0.278 e. The average Bonchev–Trinajstić information content (AvgIpc) is 2.81. The maximum Gasteiger partial charge on any atom is 0.261 e. The molecule has 7 nitrogen and oxygen atoms in total. The van der Waals surface area contributed by atoms with Crippen molar-refractivity contribution in [3.05, 3.63) is 47.8 Å². The van der Waals surface area contributed by atoms with E-state index >= 15 is 0 Å². The van der Waals surface area contributed by atoms with E-state index in [4.69, 9.17) is 5.26 Å². The monoisotopic (exact) mass is 327 g/mol. The lowest BCUT2D eigenvalue weighted by atomic mass is 10.2. The molecule has 0 aliphatic heterocycles. The van der Waals surface area contributed by atoms with Gasteiger partial charge in [-0.3, -0.25) is 9.40 Å². The molecule has 0 bridgehead atoms. The van der Waals surface area contributed by atoms with Gasteiger partial charge in [-0.25, -0.2) is 13.4 Å². The highest BCUT2D eigenvalue weighted by atomic mass is 32.2. The molecule has 2 heterocycles. The minimum atomic E-state index is -3.74. The summed E-state index contributed by atoms with van der Waals surface area (Å²) in [7, 11) is -1.96. The summed E-state index contributed by atoms with van der Waals surface area (Å²) in [6.07, 6.45) is 1.45. The standard InChI is InChI=1S/C15H13N5O2S/c1-10-14-7-12(9-17-15(14)20(2)18-10)19-23(21,22)13-5-3-11(8-16)4-6-13/h3-7,9,19H,1-2H3. The van der Waals surface area contributed by atoms with Crippen molar-refractivity contribution < 1.29 is 8.42 Å². The first-order chi connectivity index (χ1) is 10.9. The molecule has 116 valence electrons. The molecule has 0 unspecified atom stereocenters. The lowest BCUT2D eigenvalue weighted by molar-refractivity contribution is 0.601. The third kappa shape index (κ3) is 2.74. The van der Waals surface area contributed by atoms with E-state index < -0.39 is 10.0 Å². The maximum atomic E-state index is 12.4. The van der Waals surface area contributed by atoms with Gasteiger partial charge in [-0.1, -0.05) is 0 Å². The minimum Gasteiger partial charge on any atom is -0.278 e. The van der Waals surface area contributed by atoms with Crippen molar-refractivity contribution in [1.29, 1.82) is 5.26 Å². The predicted octanol–water partition coefficient (Wildman–Crippen LogP) is 1.95. The highest BCUT2D eigenvalue weighted by Crippen LogP contribution is 2.22. The van der Waals surface area contributed by atoms with E-state index in [1.54, 1.807) is 17.8 Å². The Labute approximate surface area is 133 Å². The lowest BCUT2D eigenvalue weighted by Gasteiger charge is -2.08. The molecule has 8 heteroatoms. The SMILES string of the molecule is Cc1nn(C)c2ncc(NS(=O)(=O)c3ccc(C#N)cc3)cc12. The molecule has 23 heavy (non-hydrogen) atoms. The van der Waals surface area contributed by atoms with Gasteiger partial charge in [-0.2, -0.15) is 10.4 Å². The molecule has 0 atom stereocenters. The highest BCUT2D eigenvalue weighted by molar-refractivity contribution is 7.92. The third-order valence-corrected chi connectivity index (χ3v) is 4.81. The van der Waals surface area contributed by atoms with Crippen LogP contribution in [0, 0.1) is 18.3 Å². The number of hydrogen-bond acceptors (Lipinski definition) is 5. The van der Waals surface area contributed by atoms with Crippen LogP contribution in [0.25, 0.3) is 11.0 Å². The molecule has 1 N–H and O–H groups in total. The van der Waals surface area contributed by atoms with Crippen molar-refractivity contribution in [3.8, 4) is 6.07 Å². The van der Waals surface area contributed by atoms with Crippen LogP contribution in [0.15, 0.2) is 41.4 Å². The Kier molecular flexibility index (Phi) is 3.50. The molecule has 2 aromatic heterocycles. The maximum absolute atomic E-state index is 12.4. The summed E-state index contributed by atoms with van der Waals surface area (Å²) in [6, 6.07) is 9.35. The fourth-order valence-corrected chi connectivity index (χ4v) is 3.32. The molecular weight excluding hydrogens is 314 g/mol. The Balaban J connectivity index is 1.96. The van der Waals surface area contributed by atoms with Crippen molar-refractivity contribution in [2.45, 2.75) is 11.8 Å². The zero-order valence-corrected chi connectivity index (χ0v) is 13.3. The Morgan fingerprint density at radius 3 is 2.61 bits per heavy atom. The first kappa shape index (κ1) is 15.0. The molecular formula is C15H13N5O2S. The van der Waals surface area contributed by atoms with Crippen LogP contribution in [0.3, 0.4) is 0 Å². The van der Waals surface area contributed by atoms with Gasteiger partial charge in [0.05, 0.1) is 34.1 Å². The van der Waals surface area contributed by atoms with Crippen molar-refractivity contribution >= 4 is 26.7 Å². The van der Waals surface area contributed by atoms with E-state index in [1.807, 2.05) is 13.0 Å². The van der Waals surface area contributed by atoms with Crippen molar-refractivity contribution in [3.63, 3.8) is 0 Å². The van der Waals surface area contributed by atoms with Gasteiger partial charge in [0.25, 0.3) is 10.0 Å². The van der Waals surface area contributed by atoms with Gasteiger partial charge in [0.15, 0.2) is 5.65 Å². The summed E-state index contributed by atoms with van der Waals surface area (Å²) < 4.78 is 28.9. The van der Waals surface area contributed by atoms with Crippen molar-refractivity contribution in [2.24, 2.45) is 7.05 Å². The van der Waals surface area contributed by atoms with Gasteiger partial charge in [-0.05, 0) is 37.3 Å². The summed E-state index contributed by atoms with van der Waals surface area (Å²) in [6.45, 7) is 1.84. The number of anilines is 1. The van der Waals surface area contributed by atoms with E-state index in [0.29, 0.717) is 16.9 Å². The molecule has 3 rings (SSSR count). The van der Waals surface area contributed by atoms with E-state index in [0.717, 1.165) is 11.1 Å². The normalized spacial score (nSPS) is 11.3. The summed E-state index contributed by atoms with van der Waals surface area (Å²) in [5.74, 6) is 0. The molecule has 0 aliphatic rings. The summed E-state index contributed by atoms with van der Waals surface area (Å²) in [4.78, 5) is 4.32. The number of nitriles is 1. The van der Waals surface area contributed by atoms with E-state index in [1.165, 1.54) is 30.5 Å². The number of benzene rings is 1. The minimum absolute atomic E-state index is 0.0829. The Bertz CT molecular complexity index is 1030. The smallest absolute Gasteiger partial charge is 0.261 e. The number of rotatable bonds is 3. The van der Waals surface area contributed by atoms with Crippen LogP contribution in [0.2, 0.25) is 0 Å². The van der Waals surface area contributed by atoms with Crippen LogP contribution in [-0.2, 0) is 17.1 Å². The second-order valence-electron chi connectivity index (χ2n) is 5.05. The van der Waals surface area contributed by atoms with Crippen LogP contribution in [0.1, 0.15) is 11.3 Å². The van der Waals surface area contributed by atoms with Crippen molar-refractivity contribution in [1.82, 2.24) is 14.8 Å². The number of hydrogen-bond donors (Lipinski definition) is 1. The molecule has 0 radical (unpaired) electrons. The summed E-state index contributed by atoms with van der Waals surface area (Å²) >= 11 is 0. The fraction of sp³-hybridized carbons (Fsp3) is 0.133. The number of aryl methyl sites for hydroxylation is 2. The zero-order chi connectivity index (χ0) is 16.6. The molecule has 3 aromatic rings. The second kappa shape index (κ2) is 5.37. The Morgan fingerprint density at radius 2 is 1.96 bits per heavy atom. The van der Waals surface area contributed by atoms with Gasteiger partial charge < -0.3 is 0 Å². The van der Waals surface area contributed by atoms with Crippen LogP contribution in [-0.4, -0.2) is 23.2 Å². The highest BCUT2D eigenvalue weighted by Gasteiger charge is 2.15. The fourth-order valence-electron chi connectivity index (χ4n) is 2.29. The topological polar surface area (TPSA) is 101 Å². The quantitative estimate of drug-likeness (QED) is 0.792. The van der Waals surface area contributed by atoms with E-state index in [9.17, 15) is 8.42 Å². The molecule has 0 amide bonds. The number of nitrogens with one attached hydrogen (secondary N) is 1. The molecule has 0 saturated heterocycles. The Hall–Kier alpha value is -2.92. The van der Waals surface area contributed by atoms with Crippen LogP contribution >= 0.6 is 0 Å². The molecule has 0 spiro atoms. The number of fused-ring (bicyclic) bond motifs is 1. The number of sulfonamides is 1. The first-order valence-electron chi connectivity index (χ1n) is 6.73. The van der Waals surface area contributed by atoms with Crippen LogP contribution in [0.4, 0.5) is 5.69 Å². The van der Waals surface area contributed by atoms with Gasteiger partial charge in [0, 0.05) is 12.4 Å². The molecule has 0 fully saturated rings. The van der Waals surface area contributed by atoms with Crippen LogP contribution < -0.4 is 4.72 Å². The molecule has 1 aromatic carbocycles. The van der Waals surface area contributed by atoms with E-state index in [-0.39, 0.29) is 4.90 Å². The first-order valence-corrected chi connectivity index (χ1v) is 8.21. The molecule has 0 saturated carbocycles. The van der Waals surface area contributed by atoms with Gasteiger partial charge in [0.2, 0.25) is 0 Å². The summed E-state index contributed by atoms with van der Waals surface area (Å²) in [5.41, 5.74) is 2.22. The number of nitrogens with zero attached hydrogens (tertiary/aromatic N) is 4. The van der Waals surface area contributed by atoms with E-state index in [2.05, 4.69) is 14.8 Å². The van der Waals surface area contributed by atoms with Gasteiger partial charge in [0.1, 0.15) is 0 Å². The summed E-state index contributed by atoms with van der Waals surface area (Å²) in [5, 5.41) is 13.8. The average molecular weight is 327 g/mol. The number of aromatic nitrogens is 3. The third-order valence-electron chi connectivity index (χ3n) is 3.41. The van der Waals surface area contributed by atoms with Crippen LogP contribution in [0.5, 0.6) is 0 Å². The lowest BCUT2D eigenvalue weighted by Crippen LogP contribution is -2.13. The zero-order valence-electron chi connectivity index (χ0n) is 12.5. The van der Waals surface area contributed by atoms with Gasteiger partial charge >= 0.3 is 0 Å².